The number of benzene rings is 1. The van der Waals surface area contributed by atoms with Crippen LogP contribution in [0.4, 0.5) is 4.39 Å². The second-order valence-electron chi connectivity index (χ2n) is 4.69. The molecule has 2 rings (SSSR count). The van der Waals surface area contributed by atoms with Crippen molar-refractivity contribution in [1.82, 2.24) is 16.2 Å². The van der Waals surface area contributed by atoms with Crippen LogP contribution in [0, 0.1) is 5.82 Å². The molecule has 9 heteroatoms. The van der Waals surface area contributed by atoms with Gasteiger partial charge in [0.05, 0.1) is 21.6 Å². The number of carbonyl (C=O) groups excluding carboxylic acids is 3. The summed E-state index contributed by atoms with van der Waals surface area (Å²) >= 11 is 4.45. The molecule has 1 aromatic heterocycles. The first kappa shape index (κ1) is 18.1. The zero-order chi connectivity index (χ0) is 17.5. The summed E-state index contributed by atoms with van der Waals surface area (Å²) < 4.78 is 13.8. The zero-order valence-corrected chi connectivity index (χ0v) is 14.7. The summed E-state index contributed by atoms with van der Waals surface area (Å²) in [6, 6.07) is 8.97. The molecule has 0 saturated heterocycles. The molecule has 0 unspecified atom stereocenters. The topological polar surface area (TPSA) is 87.3 Å². The van der Waals surface area contributed by atoms with Gasteiger partial charge in [0.2, 0.25) is 5.91 Å². The average Bonchev–Trinajstić information content (AvgIpc) is 2.97. The molecule has 0 atom stereocenters. The van der Waals surface area contributed by atoms with Gasteiger partial charge in [0.15, 0.2) is 0 Å². The van der Waals surface area contributed by atoms with Crippen LogP contribution in [0.2, 0.25) is 0 Å². The fraction of sp³-hybridized carbons (Fsp3) is 0.133. The quantitative estimate of drug-likeness (QED) is 0.652. The molecule has 0 spiro atoms. The second kappa shape index (κ2) is 8.55. The number of halogens is 2. The third-order valence-corrected chi connectivity index (χ3v) is 4.43. The smallest absolute Gasteiger partial charge is 0.279 e. The lowest BCUT2D eigenvalue weighted by molar-refractivity contribution is -0.126. The van der Waals surface area contributed by atoms with Crippen molar-refractivity contribution >= 4 is 45.0 Å². The van der Waals surface area contributed by atoms with Crippen LogP contribution < -0.4 is 16.2 Å². The van der Waals surface area contributed by atoms with Crippen molar-refractivity contribution in [2.45, 2.75) is 6.42 Å². The van der Waals surface area contributed by atoms with Crippen LogP contribution >= 0.6 is 27.3 Å². The minimum Gasteiger partial charge on any atom is -0.347 e. The Bertz CT molecular complexity index is 766. The predicted molar refractivity (Wildman–Crippen MR) is 90.7 cm³/mol. The van der Waals surface area contributed by atoms with E-state index in [-0.39, 0.29) is 13.0 Å². The molecule has 0 fully saturated rings. The van der Waals surface area contributed by atoms with E-state index in [1.165, 1.54) is 29.5 Å². The lowest BCUT2D eigenvalue weighted by Gasteiger charge is -2.08. The van der Waals surface area contributed by atoms with E-state index in [9.17, 15) is 18.8 Å². The van der Waals surface area contributed by atoms with Gasteiger partial charge >= 0.3 is 0 Å². The summed E-state index contributed by atoms with van der Waals surface area (Å²) in [4.78, 5) is 35.4. The maximum atomic E-state index is 13.0. The Kier molecular flexibility index (Phi) is 6.44. The van der Waals surface area contributed by atoms with Crippen molar-refractivity contribution < 1.29 is 18.8 Å². The van der Waals surface area contributed by atoms with Crippen molar-refractivity contribution in [2.75, 3.05) is 6.54 Å². The number of nitrogens with one attached hydrogen (secondary N) is 3. The first-order valence-electron chi connectivity index (χ1n) is 6.79. The van der Waals surface area contributed by atoms with E-state index in [0.717, 1.165) is 3.79 Å². The third-order valence-electron chi connectivity index (χ3n) is 2.81. The van der Waals surface area contributed by atoms with Crippen molar-refractivity contribution in [3.05, 3.63) is 56.4 Å². The van der Waals surface area contributed by atoms with Gasteiger partial charge in [-0.3, -0.25) is 25.2 Å². The fourth-order valence-corrected chi connectivity index (χ4v) is 3.02. The van der Waals surface area contributed by atoms with E-state index in [2.05, 4.69) is 32.1 Å². The first-order valence-corrected chi connectivity index (χ1v) is 8.40. The summed E-state index contributed by atoms with van der Waals surface area (Å²) in [5.41, 5.74) is 4.94. The van der Waals surface area contributed by atoms with Crippen molar-refractivity contribution in [1.29, 1.82) is 0 Å². The van der Waals surface area contributed by atoms with E-state index in [1.54, 1.807) is 18.2 Å². The Morgan fingerprint density at radius 2 is 1.88 bits per heavy atom. The van der Waals surface area contributed by atoms with Crippen LogP contribution in [0.1, 0.15) is 15.2 Å². The van der Waals surface area contributed by atoms with Gasteiger partial charge in [0, 0.05) is 0 Å². The molecule has 2 aromatic rings. The Hall–Kier alpha value is -2.26. The van der Waals surface area contributed by atoms with E-state index in [4.69, 9.17) is 0 Å². The second-order valence-corrected chi connectivity index (χ2v) is 7.15. The van der Waals surface area contributed by atoms with Crippen LogP contribution in [-0.2, 0) is 16.0 Å². The largest absolute Gasteiger partial charge is 0.347 e. The monoisotopic (exact) mass is 413 g/mol. The van der Waals surface area contributed by atoms with Gasteiger partial charge in [-0.1, -0.05) is 12.1 Å². The van der Waals surface area contributed by atoms with Crippen LogP contribution in [0.5, 0.6) is 0 Å². The van der Waals surface area contributed by atoms with Crippen LogP contribution in [0.25, 0.3) is 0 Å². The van der Waals surface area contributed by atoms with Crippen LogP contribution in [0.15, 0.2) is 40.2 Å². The van der Waals surface area contributed by atoms with Crippen molar-refractivity contribution in [3.63, 3.8) is 0 Å². The standard InChI is InChI=1S/C15H13BrFN3O3S/c16-12-5-4-11(24-12)15(23)20-19-14(22)8-18-13(21)7-9-2-1-3-10(17)6-9/h1-6H,7-8H2,(H,18,21)(H,19,22)(H,20,23). The van der Waals surface area contributed by atoms with Gasteiger partial charge in [0.1, 0.15) is 5.82 Å². The van der Waals surface area contributed by atoms with Gasteiger partial charge in [-0.2, -0.15) is 0 Å². The molecule has 24 heavy (non-hydrogen) atoms. The highest BCUT2D eigenvalue weighted by molar-refractivity contribution is 9.11. The molecular formula is C15H13BrFN3O3S. The number of hydrogen-bond donors (Lipinski definition) is 3. The van der Waals surface area contributed by atoms with Crippen molar-refractivity contribution in [3.8, 4) is 0 Å². The summed E-state index contributed by atoms with van der Waals surface area (Å²) in [7, 11) is 0. The number of thiophene rings is 1. The Morgan fingerprint density at radius 3 is 2.54 bits per heavy atom. The molecule has 0 bridgehead atoms. The van der Waals surface area contributed by atoms with E-state index in [1.807, 2.05) is 0 Å². The molecule has 0 radical (unpaired) electrons. The average molecular weight is 414 g/mol. The number of hydrazine groups is 1. The SMILES string of the molecule is O=C(Cc1cccc(F)c1)NCC(=O)NNC(=O)c1ccc(Br)s1. The van der Waals surface area contributed by atoms with Gasteiger partial charge in [-0.25, -0.2) is 4.39 Å². The molecule has 3 amide bonds. The molecule has 0 saturated carbocycles. The van der Waals surface area contributed by atoms with Crippen molar-refractivity contribution in [2.24, 2.45) is 0 Å². The van der Waals surface area contributed by atoms with Gasteiger partial charge < -0.3 is 5.32 Å². The zero-order valence-electron chi connectivity index (χ0n) is 12.3. The molecule has 0 aliphatic rings. The first-order chi connectivity index (χ1) is 11.4. The summed E-state index contributed by atoms with van der Waals surface area (Å²) in [6.45, 7) is -0.303. The highest BCUT2D eigenvalue weighted by atomic mass is 79.9. The maximum absolute atomic E-state index is 13.0. The Balaban J connectivity index is 1.71. The van der Waals surface area contributed by atoms with E-state index in [0.29, 0.717) is 10.4 Å². The minimum atomic E-state index is -0.577. The predicted octanol–water partition coefficient (Wildman–Crippen LogP) is 1.77. The third kappa shape index (κ3) is 5.74. The number of carbonyl (C=O) groups is 3. The molecule has 3 N–H and O–H groups in total. The minimum absolute atomic E-state index is 0.0411. The Morgan fingerprint density at radius 1 is 1.08 bits per heavy atom. The summed E-state index contributed by atoms with van der Waals surface area (Å²) in [5, 5.41) is 2.39. The summed E-state index contributed by atoms with van der Waals surface area (Å²) in [6.07, 6.45) is -0.0411. The molecule has 1 heterocycles. The highest BCUT2D eigenvalue weighted by Crippen LogP contribution is 2.21. The van der Waals surface area contributed by atoms with Gasteiger partial charge in [-0.05, 0) is 45.8 Å². The number of rotatable bonds is 5. The van der Waals surface area contributed by atoms with Crippen LogP contribution in [-0.4, -0.2) is 24.3 Å². The fourth-order valence-electron chi connectivity index (χ4n) is 1.74. The molecule has 0 aliphatic carbocycles. The van der Waals surface area contributed by atoms with Gasteiger partial charge in [-0.15, -0.1) is 11.3 Å². The summed E-state index contributed by atoms with van der Waals surface area (Å²) in [5.74, 6) is -1.89. The molecule has 126 valence electrons. The Labute approximate surface area is 149 Å². The molecule has 1 aromatic carbocycles. The number of hydrogen-bond acceptors (Lipinski definition) is 4. The lowest BCUT2D eigenvalue weighted by Crippen LogP contribution is -2.46. The molecule has 0 aliphatic heterocycles. The van der Waals surface area contributed by atoms with Gasteiger partial charge in [0.25, 0.3) is 11.8 Å². The molecule has 6 nitrogen and oxygen atoms in total. The number of amides is 3. The van der Waals surface area contributed by atoms with Crippen LogP contribution in [0.3, 0.4) is 0 Å². The highest BCUT2D eigenvalue weighted by Gasteiger charge is 2.11. The maximum Gasteiger partial charge on any atom is 0.279 e. The molecular weight excluding hydrogens is 401 g/mol. The lowest BCUT2D eigenvalue weighted by atomic mass is 10.1. The normalized spacial score (nSPS) is 10.1. The van der Waals surface area contributed by atoms with E-state index < -0.39 is 23.5 Å². The van der Waals surface area contributed by atoms with E-state index >= 15 is 0 Å².